The van der Waals surface area contributed by atoms with E-state index in [0.717, 1.165) is 17.7 Å². The molecule has 1 aliphatic rings. The van der Waals surface area contributed by atoms with E-state index in [1.165, 1.54) is 32.1 Å². The van der Waals surface area contributed by atoms with Crippen molar-refractivity contribution in [3.05, 3.63) is 11.2 Å². The molecular weight excluding hydrogens is 330 g/mol. The lowest BCUT2D eigenvalue weighted by molar-refractivity contribution is 0.376. The van der Waals surface area contributed by atoms with Crippen LogP contribution in [0.4, 0.5) is 5.82 Å². The molecule has 2 rings (SSSR count). The summed E-state index contributed by atoms with van der Waals surface area (Å²) in [5.74, 6) is 0.792. The minimum Gasteiger partial charge on any atom is -0.467 e. The van der Waals surface area contributed by atoms with Crippen molar-refractivity contribution in [3.63, 3.8) is 0 Å². The minimum atomic E-state index is 0.370. The maximum atomic E-state index is 6.27. The van der Waals surface area contributed by atoms with Crippen molar-refractivity contribution < 1.29 is 4.74 Å². The molecule has 0 amide bonds. The number of rotatable bonds is 5. The maximum absolute atomic E-state index is 6.27. The first kappa shape index (κ1) is 14.9. The number of nitrogens with zero attached hydrogens (tertiary/aromatic N) is 3. The molecule has 6 heteroatoms. The van der Waals surface area contributed by atoms with Gasteiger partial charge in [0.05, 0.1) is 13.3 Å². The van der Waals surface area contributed by atoms with Gasteiger partial charge in [-0.25, -0.2) is 4.98 Å². The van der Waals surface area contributed by atoms with Gasteiger partial charge in [0, 0.05) is 17.9 Å². The summed E-state index contributed by atoms with van der Waals surface area (Å²) in [6.45, 7) is 0.893. The standard InChI is InChI=1S/C13H19BrClN3O/c1-19-13-16-9-11(15)12(17-13)18(8-7-14)10-5-3-2-4-6-10/h9-10H,2-8H2,1H3. The monoisotopic (exact) mass is 347 g/mol. The van der Waals surface area contributed by atoms with Crippen molar-refractivity contribution in [1.82, 2.24) is 9.97 Å². The predicted molar refractivity (Wildman–Crippen MR) is 81.6 cm³/mol. The van der Waals surface area contributed by atoms with Crippen LogP contribution in [0.1, 0.15) is 32.1 Å². The smallest absolute Gasteiger partial charge is 0.318 e. The second kappa shape index (κ2) is 7.29. The first-order chi connectivity index (χ1) is 9.26. The number of halogens is 2. The van der Waals surface area contributed by atoms with Crippen LogP contribution in [0.25, 0.3) is 0 Å². The summed E-state index contributed by atoms with van der Waals surface area (Å²) in [7, 11) is 1.57. The Labute approximate surface area is 127 Å². The van der Waals surface area contributed by atoms with Crippen LogP contribution in [0.5, 0.6) is 6.01 Å². The zero-order valence-electron chi connectivity index (χ0n) is 11.1. The van der Waals surface area contributed by atoms with E-state index in [-0.39, 0.29) is 0 Å². The minimum absolute atomic E-state index is 0.370. The highest BCUT2D eigenvalue weighted by Crippen LogP contribution is 2.31. The molecule has 0 unspecified atom stereocenters. The Morgan fingerprint density at radius 2 is 2.16 bits per heavy atom. The fraction of sp³-hybridized carbons (Fsp3) is 0.692. The molecule has 0 N–H and O–H groups in total. The van der Waals surface area contributed by atoms with Crippen LogP contribution in [0.15, 0.2) is 6.20 Å². The molecule has 0 spiro atoms. The Morgan fingerprint density at radius 1 is 1.42 bits per heavy atom. The van der Waals surface area contributed by atoms with E-state index in [2.05, 4.69) is 30.8 Å². The molecular formula is C13H19BrClN3O. The fourth-order valence-corrected chi connectivity index (χ4v) is 3.17. The van der Waals surface area contributed by atoms with Crippen molar-refractivity contribution in [2.24, 2.45) is 0 Å². The van der Waals surface area contributed by atoms with Gasteiger partial charge in [0.1, 0.15) is 5.02 Å². The Kier molecular flexibility index (Phi) is 5.70. The third-order valence-corrected chi connectivity index (χ3v) is 4.12. The average molecular weight is 349 g/mol. The van der Waals surface area contributed by atoms with Crippen LogP contribution >= 0.6 is 27.5 Å². The van der Waals surface area contributed by atoms with Gasteiger partial charge in [0.15, 0.2) is 5.82 Å². The summed E-state index contributed by atoms with van der Waals surface area (Å²) < 4.78 is 5.11. The summed E-state index contributed by atoms with van der Waals surface area (Å²) >= 11 is 9.78. The molecule has 1 aromatic rings. The third kappa shape index (κ3) is 3.72. The van der Waals surface area contributed by atoms with Crippen LogP contribution in [0.3, 0.4) is 0 Å². The first-order valence-corrected chi connectivity index (χ1v) is 8.15. The normalized spacial score (nSPS) is 16.4. The molecule has 1 saturated carbocycles. The first-order valence-electron chi connectivity index (χ1n) is 6.65. The van der Waals surface area contributed by atoms with Gasteiger partial charge in [-0.15, -0.1) is 0 Å². The van der Waals surface area contributed by atoms with Gasteiger partial charge in [-0.05, 0) is 12.8 Å². The van der Waals surface area contributed by atoms with Crippen molar-refractivity contribution in [2.45, 2.75) is 38.1 Å². The topological polar surface area (TPSA) is 38.2 Å². The second-order valence-electron chi connectivity index (χ2n) is 4.70. The molecule has 0 aromatic carbocycles. The van der Waals surface area contributed by atoms with Crippen molar-refractivity contribution in [2.75, 3.05) is 23.9 Å². The predicted octanol–water partition coefficient (Wildman–Crippen LogP) is 3.67. The van der Waals surface area contributed by atoms with Gasteiger partial charge in [-0.1, -0.05) is 46.8 Å². The Bertz CT molecular complexity index is 413. The lowest BCUT2D eigenvalue weighted by Gasteiger charge is -2.35. The van der Waals surface area contributed by atoms with Gasteiger partial charge < -0.3 is 9.64 Å². The largest absolute Gasteiger partial charge is 0.467 e. The van der Waals surface area contributed by atoms with Crippen LogP contribution in [-0.2, 0) is 0 Å². The number of methoxy groups -OCH3 is 1. The molecule has 1 heterocycles. The molecule has 1 fully saturated rings. The number of hydrogen-bond donors (Lipinski definition) is 0. The molecule has 4 nitrogen and oxygen atoms in total. The molecule has 106 valence electrons. The molecule has 19 heavy (non-hydrogen) atoms. The molecule has 0 radical (unpaired) electrons. The van der Waals surface area contributed by atoms with Crippen LogP contribution in [-0.4, -0.2) is 35.0 Å². The fourth-order valence-electron chi connectivity index (χ4n) is 2.59. The summed E-state index contributed by atoms with van der Waals surface area (Å²) in [6.07, 6.45) is 7.92. The van der Waals surface area contributed by atoms with E-state index in [1.807, 2.05) is 0 Å². The Hall–Kier alpha value is -0.550. The summed E-state index contributed by atoms with van der Waals surface area (Å²) in [4.78, 5) is 10.8. The van der Waals surface area contributed by atoms with Crippen LogP contribution < -0.4 is 9.64 Å². The van der Waals surface area contributed by atoms with E-state index in [4.69, 9.17) is 16.3 Å². The third-order valence-electron chi connectivity index (χ3n) is 3.50. The van der Waals surface area contributed by atoms with Crippen molar-refractivity contribution in [1.29, 1.82) is 0 Å². The van der Waals surface area contributed by atoms with E-state index in [0.29, 0.717) is 17.1 Å². The maximum Gasteiger partial charge on any atom is 0.318 e. The number of anilines is 1. The van der Waals surface area contributed by atoms with E-state index < -0.39 is 0 Å². The van der Waals surface area contributed by atoms with Gasteiger partial charge in [0.2, 0.25) is 0 Å². The van der Waals surface area contributed by atoms with Crippen LogP contribution in [0, 0.1) is 0 Å². The lowest BCUT2D eigenvalue weighted by Crippen LogP contribution is -2.39. The zero-order chi connectivity index (χ0) is 13.7. The molecule has 1 aliphatic carbocycles. The van der Waals surface area contributed by atoms with Crippen LogP contribution in [0.2, 0.25) is 5.02 Å². The van der Waals surface area contributed by atoms with E-state index in [9.17, 15) is 0 Å². The van der Waals surface area contributed by atoms with Crippen molar-refractivity contribution >= 4 is 33.3 Å². The van der Waals surface area contributed by atoms with Gasteiger partial charge in [0.25, 0.3) is 0 Å². The number of alkyl halides is 1. The summed E-state index contributed by atoms with van der Waals surface area (Å²) in [5.41, 5.74) is 0. The molecule has 0 atom stereocenters. The quantitative estimate of drug-likeness (QED) is 0.761. The Balaban J connectivity index is 2.26. The lowest BCUT2D eigenvalue weighted by atomic mass is 9.94. The molecule has 0 aliphatic heterocycles. The highest BCUT2D eigenvalue weighted by molar-refractivity contribution is 9.09. The van der Waals surface area contributed by atoms with E-state index >= 15 is 0 Å². The Morgan fingerprint density at radius 3 is 2.79 bits per heavy atom. The number of hydrogen-bond acceptors (Lipinski definition) is 4. The zero-order valence-corrected chi connectivity index (χ0v) is 13.5. The number of aromatic nitrogens is 2. The number of ether oxygens (including phenoxy) is 1. The molecule has 0 bridgehead atoms. The summed E-state index contributed by atoms with van der Waals surface area (Å²) in [6, 6.07) is 0.887. The average Bonchev–Trinajstić information content (AvgIpc) is 2.47. The molecule has 1 aromatic heterocycles. The van der Waals surface area contributed by atoms with Gasteiger partial charge in [-0.3, -0.25) is 0 Å². The van der Waals surface area contributed by atoms with Gasteiger partial charge >= 0.3 is 6.01 Å². The SMILES string of the molecule is COc1ncc(Cl)c(N(CCBr)C2CCCCC2)n1. The highest BCUT2D eigenvalue weighted by atomic mass is 79.9. The van der Waals surface area contributed by atoms with Gasteiger partial charge in [-0.2, -0.15) is 4.98 Å². The second-order valence-corrected chi connectivity index (χ2v) is 5.90. The highest BCUT2D eigenvalue weighted by Gasteiger charge is 2.24. The van der Waals surface area contributed by atoms with E-state index in [1.54, 1.807) is 13.3 Å². The molecule has 0 saturated heterocycles. The van der Waals surface area contributed by atoms with Crippen molar-refractivity contribution in [3.8, 4) is 6.01 Å². The summed E-state index contributed by atoms with van der Waals surface area (Å²) in [5, 5.41) is 1.49.